The van der Waals surface area contributed by atoms with Gasteiger partial charge in [0, 0.05) is 23.2 Å². The fraction of sp³-hybridized carbons (Fsp3) is 0.300. The summed E-state index contributed by atoms with van der Waals surface area (Å²) in [5.41, 5.74) is 3.14. The van der Waals surface area contributed by atoms with Gasteiger partial charge in [-0.05, 0) is 56.5 Å². The molecule has 0 saturated heterocycles. The second-order valence-electron chi connectivity index (χ2n) is 7.49. The molecular weight excluding hydrogens is 330 g/mol. The number of benzene rings is 1. The highest BCUT2D eigenvalue weighted by Gasteiger charge is 2.40. The van der Waals surface area contributed by atoms with Gasteiger partial charge < -0.3 is 19.2 Å². The van der Waals surface area contributed by atoms with Crippen LogP contribution in [0.15, 0.2) is 41.1 Å². The number of fused-ring (bicyclic) bond motifs is 2. The molecule has 1 saturated carbocycles. The highest BCUT2D eigenvalue weighted by Crippen LogP contribution is 2.43. The predicted octanol–water partition coefficient (Wildman–Crippen LogP) is 3.94. The fourth-order valence-corrected chi connectivity index (χ4v) is 4.06. The van der Waals surface area contributed by atoms with Gasteiger partial charge in [0.25, 0.3) is 0 Å². The summed E-state index contributed by atoms with van der Waals surface area (Å²) in [7, 11) is 0. The first-order valence-corrected chi connectivity index (χ1v) is 8.70. The lowest BCUT2D eigenvalue weighted by atomic mass is 9.77. The minimum Gasteiger partial charge on any atom is -0.506 e. The van der Waals surface area contributed by atoms with Gasteiger partial charge in [0.2, 0.25) is 0 Å². The van der Waals surface area contributed by atoms with Crippen molar-refractivity contribution in [2.24, 2.45) is 0 Å². The van der Waals surface area contributed by atoms with Crippen molar-refractivity contribution in [3.05, 3.63) is 42.3 Å². The standard InChI is InChI=1S/C20H19N3O3/c1-11-13-5-7-23(12-9-20(2,25)10-12)19(13)22-21-17(11)15-3-4-16-14(18(15)24)6-8-26-16/h3-8,12,24-25H,9-10H2,1-2H3. The molecule has 6 nitrogen and oxygen atoms in total. The number of nitrogens with zero attached hydrogens (tertiary/aromatic N) is 3. The maximum atomic E-state index is 10.6. The second kappa shape index (κ2) is 5.08. The van der Waals surface area contributed by atoms with Gasteiger partial charge in [0.1, 0.15) is 17.0 Å². The third kappa shape index (κ3) is 2.08. The molecule has 1 aliphatic carbocycles. The number of hydrogen-bond acceptors (Lipinski definition) is 5. The fourth-order valence-electron chi connectivity index (χ4n) is 4.06. The van der Waals surface area contributed by atoms with Crippen LogP contribution in [0.4, 0.5) is 0 Å². The third-order valence-corrected chi connectivity index (χ3v) is 5.50. The summed E-state index contributed by atoms with van der Waals surface area (Å²) in [6.45, 7) is 3.85. The summed E-state index contributed by atoms with van der Waals surface area (Å²) in [4.78, 5) is 0. The van der Waals surface area contributed by atoms with Gasteiger partial charge >= 0.3 is 0 Å². The summed E-state index contributed by atoms with van der Waals surface area (Å²) in [6.07, 6.45) is 5.01. The van der Waals surface area contributed by atoms with Crippen molar-refractivity contribution in [3.63, 3.8) is 0 Å². The van der Waals surface area contributed by atoms with Crippen LogP contribution in [0.2, 0.25) is 0 Å². The Balaban J connectivity index is 1.63. The van der Waals surface area contributed by atoms with Gasteiger partial charge in [0.15, 0.2) is 5.65 Å². The number of hydrogen-bond donors (Lipinski definition) is 2. The van der Waals surface area contributed by atoms with E-state index < -0.39 is 5.60 Å². The molecule has 0 amide bonds. The summed E-state index contributed by atoms with van der Waals surface area (Å²) in [6, 6.07) is 7.66. The number of furan rings is 1. The van der Waals surface area contributed by atoms with Crippen molar-refractivity contribution in [2.45, 2.75) is 38.3 Å². The Morgan fingerprint density at radius 2 is 1.96 bits per heavy atom. The van der Waals surface area contributed by atoms with Crippen molar-refractivity contribution < 1.29 is 14.6 Å². The Kier molecular flexibility index (Phi) is 3.01. The van der Waals surface area contributed by atoms with Crippen LogP contribution in [0.1, 0.15) is 31.4 Å². The number of phenolic OH excluding ortho intramolecular Hbond substituents is 1. The SMILES string of the molecule is Cc1c(-c2ccc3occc3c2O)nnc2c1ccn2C1CC(C)(O)C1. The highest BCUT2D eigenvalue weighted by atomic mass is 16.3. The van der Waals surface area contributed by atoms with E-state index in [1.165, 1.54) is 0 Å². The van der Waals surface area contributed by atoms with Gasteiger partial charge in [-0.2, -0.15) is 0 Å². The molecule has 3 heterocycles. The van der Waals surface area contributed by atoms with E-state index in [2.05, 4.69) is 14.8 Å². The minimum atomic E-state index is -0.588. The molecule has 0 atom stereocenters. The molecule has 0 bridgehead atoms. The van der Waals surface area contributed by atoms with E-state index in [9.17, 15) is 10.2 Å². The largest absolute Gasteiger partial charge is 0.506 e. The average molecular weight is 349 g/mol. The molecular formula is C20H19N3O3. The van der Waals surface area contributed by atoms with Crippen LogP contribution < -0.4 is 0 Å². The number of aromatic nitrogens is 3. The third-order valence-electron chi connectivity index (χ3n) is 5.50. The first kappa shape index (κ1) is 15.4. The molecule has 132 valence electrons. The quantitative estimate of drug-likeness (QED) is 0.572. The maximum absolute atomic E-state index is 10.6. The lowest BCUT2D eigenvalue weighted by molar-refractivity contribution is -0.0498. The first-order chi connectivity index (χ1) is 12.4. The van der Waals surface area contributed by atoms with E-state index >= 15 is 0 Å². The zero-order valence-corrected chi connectivity index (χ0v) is 14.6. The zero-order chi connectivity index (χ0) is 18.1. The highest BCUT2D eigenvalue weighted by molar-refractivity contribution is 5.94. The van der Waals surface area contributed by atoms with Crippen LogP contribution in [0.5, 0.6) is 5.75 Å². The molecule has 0 spiro atoms. The summed E-state index contributed by atoms with van der Waals surface area (Å²) in [5.74, 6) is 0.155. The topological polar surface area (TPSA) is 84.3 Å². The molecule has 0 radical (unpaired) electrons. The Hall–Kier alpha value is -2.86. The molecule has 26 heavy (non-hydrogen) atoms. The van der Waals surface area contributed by atoms with Crippen molar-refractivity contribution in [2.75, 3.05) is 0 Å². The lowest BCUT2D eigenvalue weighted by Gasteiger charge is -2.41. The van der Waals surface area contributed by atoms with Crippen molar-refractivity contribution in [1.82, 2.24) is 14.8 Å². The van der Waals surface area contributed by atoms with Gasteiger partial charge in [-0.15, -0.1) is 10.2 Å². The summed E-state index contributed by atoms with van der Waals surface area (Å²) < 4.78 is 7.43. The minimum absolute atomic E-state index is 0.155. The smallest absolute Gasteiger partial charge is 0.163 e. The molecule has 0 unspecified atom stereocenters. The molecule has 6 heteroatoms. The van der Waals surface area contributed by atoms with Crippen LogP contribution in [0, 0.1) is 6.92 Å². The van der Waals surface area contributed by atoms with Gasteiger partial charge in [0.05, 0.1) is 17.3 Å². The Morgan fingerprint density at radius 1 is 1.15 bits per heavy atom. The molecule has 5 rings (SSSR count). The average Bonchev–Trinajstić information content (AvgIpc) is 3.21. The van der Waals surface area contributed by atoms with E-state index in [-0.39, 0.29) is 11.8 Å². The van der Waals surface area contributed by atoms with E-state index in [1.54, 1.807) is 12.3 Å². The number of aryl methyl sites for hydroxylation is 1. The number of phenols is 1. The molecule has 3 aromatic heterocycles. The molecule has 1 fully saturated rings. The van der Waals surface area contributed by atoms with Crippen molar-refractivity contribution in [3.8, 4) is 17.0 Å². The van der Waals surface area contributed by atoms with Crippen LogP contribution in [-0.4, -0.2) is 30.6 Å². The summed E-state index contributed by atoms with van der Waals surface area (Å²) in [5, 5.41) is 31.2. The molecule has 4 aromatic rings. The second-order valence-corrected chi connectivity index (χ2v) is 7.49. The van der Waals surface area contributed by atoms with E-state index in [0.717, 1.165) is 29.4 Å². The number of aliphatic hydroxyl groups is 1. The lowest BCUT2D eigenvalue weighted by Crippen LogP contribution is -2.41. The van der Waals surface area contributed by atoms with Gasteiger partial charge in [-0.3, -0.25) is 0 Å². The number of aromatic hydroxyl groups is 1. The molecule has 2 N–H and O–H groups in total. The Labute approximate surface area is 149 Å². The first-order valence-electron chi connectivity index (χ1n) is 8.70. The zero-order valence-electron chi connectivity index (χ0n) is 14.6. The predicted molar refractivity (Wildman–Crippen MR) is 98.0 cm³/mol. The Morgan fingerprint density at radius 3 is 2.73 bits per heavy atom. The number of rotatable bonds is 2. The molecule has 0 aliphatic heterocycles. The van der Waals surface area contributed by atoms with Crippen LogP contribution in [0.25, 0.3) is 33.3 Å². The van der Waals surface area contributed by atoms with Crippen molar-refractivity contribution in [1.29, 1.82) is 0 Å². The van der Waals surface area contributed by atoms with Crippen LogP contribution >= 0.6 is 0 Å². The maximum Gasteiger partial charge on any atom is 0.163 e. The molecule has 1 aliphatic rings. The Bertz CT molecular complexity index is 1150. The molecule has 1 aromatic carbocycles. The van der Waals surface area contributed by atoms with E-state index in [1.807, 2.05) is 38.2 Å². The van der Waals surface area contributed by atoms with Crippen molar-refractivity contribution >= 4 is 22.0 Å². The van der Waals surface area contributed by atoms with Crippen LogP contribution in [0.3, 0.4) is 0 Å². The van der Waals surface area contributed by atoms with Gasteiger partial charge in [-0.1, -0.05) is 0 Å². The van der Waals surface area contributed by atoms with E-state index in [0.29, 0.717) is 22.2 Å². The summed E-state index contributed by atoms with van der Waals surface area (Å²) >= 11 is 0. The van der Waals surface area contributed by atoms with Crippen LogP contribution in [-0.2, 0) is 0 Å². The van der Waals surface area contributed by atoms with Gasteiger partial charge in [-0.25, -0.2) is 0 Å². The monoisotopic (exact) mass is 349 g/mol. The van der Waals surface area contributed by atoms with E-state index in [4.69, 9.17) is 4.42 Å². The normalized spacial score (nSPS) is 22.8.